The van der Waals surface area contributed by atoms with Gasteiger partial charge < -0.3 is 15.7 Å². The van der Waals surface area contributed by atoms with E-state index in [1.54, 1.807) is 11.8 Å². The van der Waals surface area contributed by atoms with Gasteiger partial charge in [0.05, 0.1) is 10.9 Å². The summed E-state index contributed by atoms with van der Waals surface area (Å²) in [5, 5.41) is 9.14. The Labute approximate surface area is 105 Å². The van der Waals surface area contributed by atoms with Crippen molar-refractivity contribution in [2.24, 2.45) is 5.73 Å². The Balaban J connectivity index is 2.16. The maximum Gasteiger partial charge on any atom is 0.327 e. The van der Waals surface area contributed by atoms with Crippen LogP contribution < -0.4 is 5.73 Å². The molecule has 1 heterocycles. The summed E-state index contributed by atoms with van der Waals surface area (Å²) >= 11 is 1.55. The van der Waals surface area contributed by atoms with Crippen LogP contribution in [0.1, 0.15) is 32.6 Å². The number of thioether (sulfide) groups is 1. The minimum Gasteiger partial charge on any atom is -0.480 e. The summed E-state index contributed by atoms with van der Waals surface area (Å²) in [5.41, 5.74) is 5.12. The zero-order valence-corrected chi connectivity index (χ0v) is 10.7. The number of hydrogen-bond donors (Lipinski definition) is 2. The van der Waals surface area contributed by atoms with Gasteiger partial charge in [0.15, 0.2) is 0 Å². The summed E-state index contributed by atoms with van der Waals surface area (Å²) in [4.78, 5) is 24.9. The molecule has 0 aromatic heterocycles. The molecule has 0 spiro atoms. The van der Waals surface area contributed by atoms with E-state index >= 15 is 0 Å². The van der Waals surface area contributed by atoms with Gasteiger partial charge in [0.1, 0.15) is 6.04 Å². The monoisotopic (exact) mass is 258 g/mol. The van der Waals surface area contributed by atoms with Crippen molar-refractivity contribution in [2.45, 2.75) is 49.6 Å². The van der Waals surface area contributed by atoms with E-state index in [2.05, 4.69) is 0 Å². The summed E-state index contributed by atoms with van der Waals surface area (Å²) in [7, 11) is 0. The standard InChI is InChI=1S/C11H18N2O3S/c1-2-3-8-13(7(6-17-8)9(14)15)10(16)11(12)4-5-11/h7-8H,2-6,12H2,1H3,(H,14,15). The number of nitrogens with zero attached hydrogens (tertiary/aromatic N) is 1. The van der Waals surface area contributed by atoms with E-state index in [4.69, 9.17) is 10.8 Å². The Bertz CT molecular complexity index is 344. The minimum absolute atomic E-state index is 0.0189. The molecule has 1 aliphatic heterocycles. The highest BCUT2D eigenvalue weighted by molar-refractivity contribution is 8.00. The molecule has 96 valence electrons. The number of aliphatic carboxylic acids is 1. The molecular formula is C11H18N2O3S. The largest absolute Gasteiger partial charge is 0.480 e. The Morgan fingerprint density at radius 1 is 1.53 bits per heavy atom. The fraction of sp³-hybridized carbons (Fsp3) is 0.818. The molecule has 5 nitrogen and oxygen atoms in total. The third kappa shape index (κ3) is 2.28. The predicted octanol–water partition coefficient (Wildman–Crippen LogP) is 0.632. The Hall–Kier alpha value is -0.750. The summed E-state index contributed by atoms with van der Waals surface area (Å²) in [6.07, 6.45) is 3.12. The fourth-order valence-corrected chi connectivity index (χ4v) is 3.61. The quantitative estimate of drug-likeness (QED) is 0.773. The smallest absolute Gasteiger partial charge is 0.327 e. The van der Waals surface area contributed by atoms with Crippen molar-refractivity contribution in [3.63, 3.8) is 0 Å². The van der Waals surface area contributed by atoms with Gasteiger partial charge in [0.2, 0.25) is 5.91 Å². The van der Waals surface area contributed by atoms with Crippen LogP contribution in [0.15, 0.2) is 0 Å². The first-order valence-corrected chi connectivity index (χ1v) is 7.00. The second-order valence-electron chi connectivity index (χ2n) is 4.80. The molecule has 17 heavy (non-hydrogen) atoms. The number of hydrogen-bond acceptors (Lipinski definition) is 4. The summed E-state index contributed by atoms with van der Waals surface area (Å²) in [6.45, 7) is 2.03. The molecule has 0 aromatic carbocycles. The lowest BCUT2D eigenvalue weighted by molar-refractivity contribution is -0.150. The second kappa shape index (κ2) is 4.49. The van der Waals surface area contributed by atoms with Crippen LogP contribution in [-0.2, 0) is 9.59 Å². The summed E-state index contributed by atoms with van der Waals surface area (Å²) in [6, 6.07) is -0.704. The van der Waals surface area contributed by atoms with Crippen LogP contribution in [0.3, 0.4) is 0 Å². The predicted molar refractivity (Wildman–Crippen MR) is 65.6 cm³/mol. The zero-order chi connectivity index (χ0) is 12.6. The van der Waals surface area contributed by atoms with Crippen LogP contribution in [0.25, 0.3) is 0 Å². The van der Waals surface area contributed by atoms with Crippen LogP contribution in [0.2, 0.25) is 0 Å². The maximum absolute atomic E-state index is 12.3. The van der Waals surface area contributed by atoms with E-state index in [9.17, 15) is 9.59 Å². The fourth-order valence-electron chi connectivity index (χ4n) is 2.10. The first kappa shape index (κ1) is 12.7. The van der Waals surface area contributed by atoms with Gasteiger partial charge in [-0.25, -0.2) is 4.79 Å². The van der Waals surface area contributed by atoms with Gasteiger partial charge >= 0.3 is 5.97 Å². The molecule has 6 heteroatoms. The first-order chi connectivity index (χ1) is 7.99. The molecule has 2 unspecified atom stereocenters. The van der Waals surface area contributed by atoms with Crippen LogP contribution >= 0.6 is 11.8 Å². The van der Waals surface area contributed by atoms with Crippen molar-refractivity contribution in [3.8, 4) is 0 Å². The zero-order valence-electron chi connectivity index (χ0n) is 9.89. The number of carboxylic acids is 1. The average Bonchev–Trinajstić information content (AvgIpc) is 2.89. The molecule has 2 fully saturated rings. The van der Waals surface area contributed by atoms with Gasteiger partial charge in [-0.3, -0.25) is 4.79 Å². The van der Waals surface area contributed by atoms with Gasteiger partial charge in [-0.05, 0) is 19.3 Å². The topological polar surface area (TPSA) is 83.6 Å². The summed E-state index contributed by atoms with van der Waals surface area (Å²) < 4.78 is 0. The lowest BCUT2D eigenvalue weighted by Crippen LogP contribution is -2.53. The summed E-state index contributed by atoms with van der Waals surface area (Å²) in [5.74, 6) is -0.621. The van der Waals surface area contributed by atoms with E-state index in [1.165, 1.54) is 4.90 Å². The molecule has 0 radical (unpaired) electrons. The molecule has 1 saturated heterocycles. The molecule has 2 rings (SSSR count). The molecular weight excluding hydrogens is 240 g/mol. The van der Waals surface area contributed by atoms with Gasteiger partial charge in [0, 0.05) is 5.75 Å². The number of carboxylic acid groups (broad SMARTS) is 1. The van der Waals surface area contributed by atoms with Crippen LogP contribution in [0.5, 0.6) is 0 Å². The number of carbonyl (C=O) groups excluding carboxylic acids is 1. The third-order valence-electron chi connectivity index (χ3n) is 3.36. The van der Waals surface area contributed by atoms with Crippen molar-refractivity contribution in [1.29, 1.82) is 0 Å². The lowest BCUT2D eigenvalue weighted by Gasteiger charge is -2.29. The first-order valence-electron chi connectivity index (χ1n) is 5.95. The van der Waals surface area contributed by atoms with Crippen LogP contribution in [0, 0.1) is 0 Å². The van der Waals surface area contributed by atoms with E-state index in [1.807, 2.05) is 6.92 Å². The number of nitrogens with two attached hydrogens (primary N) is 1. The Morgan fingerprint density at radius 2 is 2.18 bits per heavy atom. The van der Waals surface area contributed by atoms with E-state index < -0.39 is 17.6 Å². The van der Waals surface area contributed by atoms with E-state index in [0.29, 0.717) is 18.6 Å². The van der Waals surface area contributed by atoms with Gasteiger partial charge in [-0.15, -0.1) is 11.8 Å². The minimum atomic E-state index is -0.922. The van der Waals surface area contributed by atoms with Gasteiger partial charge in [0.25, 0.3) is 0 Å². The molecule has 1 amide bonds. The molecule has 0 bridgehead atoms. The van der Waals surface area contributed by atoms with Crippen LogP contribution in [-0.4, -0.2) is 44.6 Å². The highest BCUT2D eigenvalue weighted by Crippen LogP contribution is 2.40. The van der Waals surface area contributed by atoms with Crippen molar-refractivity contribution >= 4 is 23.6 Å². The van der Waals surface area contributed by atoms with Gasteiger partial charge in [-0.1, -0.05) is 13.3 Å². The highest BCUT2D eigenvalue weighted by Gasteiger charge is 2.53. The third-order valence-corrected chi connectivity index (χ3v) is 4.72. The number of rotatable bonds is 4. The van der Waals surface area contributed by atoms with Gasteiger partial charge in [-0.2, -0.15) is 0 Å². The highest BCUT2D eigenvalue weighted by atomic mass is 32.2. The maximum atomic E-state index is 12.3. The van der Waals surface area contributed by atoms with Crippen molar-refractivity contribution in [1.82, 2.24) is 4.90 Å². The molecule has 1 aliphatic carbocycles. The molecule has 0 aromatic rings. The van der Waals surface area contributed by atoms with E-state index in [0.717, 1.165) is 12.8 Å². The van der Waals surface area contributed by atoms with E-state index in [-0.39, 0.29) is 11.3 Å². The molecule has 2 atom stereocenters. The lowest BCUT2D eigenvalue weighted by atomic mass is 10.1. The van der Waals surface area contributed by atoms with Crippen molar-refractivity contribution < 1.29 is 14.7 Å². The Morgan fingerprint density at radius 3 is 2.65 bits per heavy atom. The van der Waals surface area contributed by atoms with Crippen LogP contribution in [0.4, 0.5) is 0 Å². The SMILES string of the molecule is CCCC1SCC(C(=O)O)N1C(=O)C1(N)CC1. The number of amides is 1. The average molecular weight is 258 g/mol. The Kier molecular flexibility index (Phi) is 3.36. The van der Waals surface area contributed by atoms with Crippen molar-refractivity contribution in [3.05, 3.63) is 0 Å². The molecule has 2 aliphatic rings. The second-order valence-corrected chi connectivity index (χ2v) is 6.01. The normalized spacial score (nSPS) is 30.4. The van der Waals surface area contributed by atoms with Crippen molar-refractivity contribution in [2.75, 3.05) is 5.75 Å². The molecule has 1 saturated carbocycles. The number of carbonyl (C=O) groups is 2. The molecule has 3 N–H and O–H groups in total.